The topological polar surface area (TPSA) is 37.4 Å². The zero-order chi connectivity index (χ0) is 15.1. The van der Waals surface area contributed by atoms with Crippen molar-refractivity contribution in [1.82, 2.24) is 4.90 Å². The van der Waals surface area contributed by atoms with Gasteiger partial charge in [-0.2, -0.15) is 0 Å². The highest BCUT2D eigenvalue weighted by Gasteiger charge is 2.40. The summed E-state index contributed by atoms with van der Waals surface area (Å²) in [5.74, 6) is 0.0310. The summed E-state index contributed by atoms with van der Waals surface area (Å²) in [5, 5.41) is 0. The first-order valence-electron chi connectivity index (χ1n) is 6.81. The number of nitrogens with zero attached hydrogens (tertiary/aromatic N) is 1. The van der Waals surface area contributed by atoms with Crippen LogP contribution in [0.3, 0.4) is 0 Å². The van der Waals surface area contributed by atoms with Crippen molar-refractivity contribution in [2.24, 2.45) is 11.3 Å². The Balaban J connectivity index is 2.26. The van der Waals surface area contributed by atoms with Crippen molar-refractivity contribution in [1.29, 1.82) is 0 Å². The van der Waals surface area contributed by atoms with E-state index in [2.05, 4.69) is 43.4 Å². The lowest BCUT2D eigenvalue weighted by molar-refractivity contribution is -0.125. The molecular weight excluding hydrogens is 365 g/mol. The van der Waals surface area contributed by atoms with Gasteiger partial charge >= 0.3 is 0 Å². The van der Waals surface area contributed by atoms with Crippen LogP contribution in [0.1, 0.15) is 43.1 Å². The first-order valence-corrected chi connectivity index (χ1v) is 7.89. The van der Waals surface area contributed by atoms with Gasteiger partial charge in [-0.1, -0.05) is 32.9 Å². The highest BCUT2D eigenvalue weighted by molar-refractivity contribution is 14.1. The highest BCUT2D eigenvalue weighted by Crippen LogP contribution is 2.35. The van der Waals surface area contributed by atoms with E-state index in [0.29, 0.717) is 18.5 Å². The SMILES string of the molecule is Cc1cccc(C(=O)N2CC(C(C)(C)C)CC2=O)c1I. The molecule has 1 aromatic rings. The highest BCUT2D eigenvalue weighted by atomic mass is 127. The maximum atomic E-state index is 12.6. The van der Waals surface area contributed by atoms with Crippen LogP contribution in [0.5, 0.6) is 0 Å². The van der Waals surface area contributed by atoms with Crippen LogP contribution >= 0.6 is 22.6 Å². The minimum absolute atomic E-state index is 0.0461. The van der Waals surface area contributed by atoms with Gasteiger partial charge in [-0.15, -0.1) is 0 Å². The van der Waals surface area contributed by atoms with E-state index in [4.69, 9.17) is 0 Å². The summed E-state index contributed by atoms with van der Waals surface area (Å²) in [6.45, 7) is 8.87. The summed E-state index contributed by atoms with van der Waals surface area (Å²) in [4.78, 5) is 26.2. The normalized spacial score (nSPS) is 19.6. The minimum atomic E-state index is -0.158. The number of imide groups is 1. The molecule has 1 aliphatic rings. The van der Waals surface area contributed by atoms with Gasteiger partial charge in [0.05, 0.1) is 5.56 Å². The summed E-state index contributed by atoms with van der Waals surface area (Å²) in [5.41, 5.74) is 1.74. The molecule has 0 radical (unpaired) electrons. The van der Waals surface area contributed by atoms with Crippen molar-refractivity contribution in [3.63, 3.8) is 0 Å². The molecule has 4 heteroatoms. The smallest absolute Gasteiger partial charge is 0.261 e. The standard InChI is InChI=1S/C16H20INO2/c1-10-6-5-7-12(14(10)17)15(20)18-9-11(8-13(18)19)16(2,3)4/h5-7,11H,8-9H2,1-4H3. The van der Waals surface area contributed by atoms with Crippen LogP contribution in [0.15, 0.2) is 18.2 Å². The predicted octanol–water partition coefficient (Wildman–Crippen LogP) is 3.63. The molecule has 0 N–H and O–H groups in total. The molecular formula is C16H20INO2. The van der Waals surface area contributed by atoms with Gasteiger partial charge in [-0.05, 0) is 52.5 Å². The van der Waals surface area contributed by atoms with E-state index in [9.17, 15) is 9.59 Å². The van der Waals surface area contributed by atoms with E-state index in [1.54, 1.807) is 6.07 Å². The second kappa shape index (κ2) is 5.47. The maximum absolute atomic E-state index is 12.6. The van der Waals surface area contributed by atoms with Crippen LogP contribution in [0.2, 0.25) is 0 Å². The van der Waals surface area contributed by atoms with Crippen LogP contribution in [0, 0.1) is 21.8 Å². The Morgan fingerprint density at radius 1 is 1.35 bits per heavy atom. The number of carbonyl (C=O) groups is 2. The molecule has 0 spiro atoms. The Morgan fingerprint density at radius 2 is 2.00 bits per heavy atom. The number of carbonyl (C=O) groups excluding carboxylic acids is 2. The fraction of sp³-hybridized carbons (Fsp3) is 0.500. The Kier molecular flexibility index (Phi) is 4.23. The summed E-state index contributed by atoms with van der Waals surface area (Å²) in [7, 11) is 0. The molecule has 20 heavy (non-hydrogen) atoms. The Labute approximate surface area is 133 Å². The van der Waals surface area contributed by atoms with E-state index in [1.165, 1.54) is 4.90 Å². The minimum Gasteiger partial charge on any atom is -0.278 e. The van der Waals surface area contributed by atoms with Gasteiger partial charge in [0.2, 0.25) is 5.91 Å². The molecule has 0 bridgehead atoms. The Bertz CT molecular complexity index is 560. The van der Waals surface area contributed by atoms with Gasteiger partial charge in [-0.3, -0.25) is 14.5 Å². The average Bonchev–Trinajstić information content (AvgIpc) is 2.74. The van der Waals surface area contributed by atoms with Gasteiger partial charge in [0.15, 0.2) is 0 Å². The third kappa shape index (κ3) is 2.90. The number of likely N-dealkylation sites (tertiary alicyclic amines) is 1. The summed E-state index contributed by atoms with van der Waals surface area (Å²) < 4.78 is 0.933. The van der Waals surface area contributed by atoms with Crippen molar-refractivity contribution >= 4 is 34.4 Å². The molecule has 0 aliphatic carbocycles. The van der Waals surface area contributed by atoms with E-state index in [1.807, 2.05) is 19.1 Å². The number of hydrogen-bond acceptors (Lipinski definition) is 2. The lowest BCUT2D eigenvalue weighted by Crippen LogP contribution is -2.34. The second-order valence-electron chi connectivity index (χ2n) is 6.51. The molecule has 1 heterocycles. The fourth-order valence-corrected chi connectivity index (χ4v) is 3.03. The van der Waals surface area contributed by atoms with Crippen molar-refractivity contribution in [2.75, 3.05) is 6.54 Å². The third-order valence-electron chi connectivity index (χ3n) is 4.02. The van der Waals surface area contributed by atoms with Gasteiger partial charge in [0.1, 0.15) is 0 Å². The van der Waals surface area contributed by atoms with Gasteiger partial charge in [0, 0.05) is 16.5 Å². The van der Waals surface area contributed by atoms with E-state index in [-0.39, 0.29) is 23.1 Å². The van der Waals surface area contributed by atoms with Crippen molar-refractivity contribution in [3.8, 4) is 0 Å². The quantitative estimate of drug-likeness (QED) is 0.547. The number of rotatable bonds is 1. The van der Waals surface area contributed by atoms with E-state index in [0.717, 1.165) is 9.13 Å². The largest absolute Gasteiger partial charge is 0.278 e. The lowest BCUT2D eigenvalue weighted by Gasteiger charge is -2.26. The monoisotopic (exact) mass is 385 g/mol. The zero-order valence-corrected chi connectivity index (χ0v) is 14.5. The molecule has 2 rings (SSSR count). The number of aryl methyl sites for hydroxylation is 1. The van der Waals surface area contributed by atoms with Gasteiger partial charge in [0.25, 0.3) is 5.91 Å². The molecule has 1 atom stereocenters. The average molecular weight is 385 g/mol. The maximum Gasteiger partial charge on any atom is 0.261 e. The zero-order valence-electron chi connectivity index (χ0n) is 12.4. The van der Waals surface area contributed by atoms with Crippen LogP contribution in [-0.2, 0) is 4.79 Å². The number of hydrogen-bond donors (Lipinski definition) is 0. The molecule has 3 nitrogen and oxygen atoms in total. The van der Waals surface area contributed by atoms with E-state index < -0.39 is 0 Å². The molecule has 1 fully saturated rings. The molecule has 0 saturated carbocycles. The van der Waals surface area contributed by atoms with Crippen molar-refractivity contribution < 1.29 is 9.59 Å². The first-order chi connectivity index (χ1) is 9.21. The second-order valence-corrected chi connectivity index (χ2v) is 7.59. The van der Waals surface area contributed by atoms with Crippen LogP contribution in [-0.4, -0.2) is 23.3 Å². The molecule has 1 aliphatic heterocycles. The summed E-state index contributed by atoms with van der Waals surface area (Å²) >= 11 is 2.18. The number of amides is 2. The van der Waals surface area contributed by atoms with Gasteiger partial charge in [-0.25, -0.2) is 0 Å². The molecule has 108 valence electrons. The Morgan fingerprint density at radius 3 is 2.55 bits per heavy atom. The van der Waals surface area contributed by atoms with Crippen LogP contribution < -0.4 is 0 Å². The molecule has 2 amide bonds. The fourth-order valence-electron chi connectivity index (χ4n) is 2.44. The van der Waals surface area contributed by atoms with Gasteiger partial charge < -0.3 is 0 Å². The molecule has 1 unspecified atom stereocenters. The van der Waals surface area contributed by atoms with Crippen LogP contribution in [0.4, 0.5) is 0 Å². The lowest BCUT2D eigenvalue weighted by atomic mass is 9.80. The summed E-state index contributed by atoms with van der Waals surface area (Å²) in [6.07, 6.45) is 0.470. The molecule has 1 aromatic carbocycles. The molecule has 0 aromatic heterocycles. The Hall–Kier alpha value is -0.910. The molecule has 1 saturated heterocycles. The summed E-state index contributed by atoms with van der Waals surface area (Å²) in [6, 6.07) is 5.64. The predicted molar refractivity (Wildman–Crippen MR) is 87.5 cm³/mol. The first kappa shape index (κ1) is 15.5. The van der Waals surface area contributed by atoms with Crippen LogP contribution in [0.25, 0.3) is 0 Å². The van der Waals surface area contributed by atoms with Crippen molar-refractivity contribution in [3.05, 3.63) is 32.9 Å². The third-order valence-corrected chi connectivity index (χ3v) is 5.45. The number of benzene rings is 1. The van der Waals surface area contributed by atoms with Crippen molar-refractivity contribution in [2.45, 2.75) is 34.1 Å². The van der Waals surface area contributed by atoms with E-state index >= 15 is 0 Å². The number of halogens is 1.